The molecule has 78 valence electrons. The first kappa shape index (κ1) is 11.0. The van der Waals surface area contributed by atoms with Crippen molar-refractivity contribution >= 4 is 17.5 Å². The van der Waals surface area contributed by atoms with Gasteiger partial charge in [-0.05, 0) is 6.42 Å². The highest BCUT2D eigenvalue weighted by molar-refractivity contribution is 6.18. The fourth-order valence-corrected chi connectivity index (χ4v) is 0.968. The molecule has 0 amide bonds. The molecule has 0 bridgehead atoms. The van der Waals surface area contributed by atoms with Crippen LogP contribution in [0.5, 0.6) is 5.88 Å². The van der Waals surface area contributed by atoms with E-state index in [0.29, 0.717) is 30.9 Å². The van der Waals surface area contributed by atoms with Gasteiger partial charge in [-0.15, -0.1) is 11.6 Å². The lowest BCUT2D eigenvalue weighted by atomic mass is 10.5. The Morgan fingerprint density at radius 1 is 1.57 bits per heavy atom. The number of nitrogens with one attached hydrogen (secondary N) is 1. The number of hydrogen-bond donors (Lipinski definition) is 1. The van der Waals surface area contributed by atoms with Crippen molar-refractivity contribution in [1.29, 1.82) is 0 Å². The van der Waals surface area contributed by atoms with Crippen LogP contribution in [0, 0.1) is 0 Å². The van der Waals surface area contributed by atoms with E-state index < -0.39 is 0 Å². The van der Waals surface area contributed by atoms with Gasteiger partial charge in [-0.25, -0.2) is 4.98 Å². The monoisotopic (exact) mass is 215 g/mol. The maximum atomic E-state index is 5.53. The molecule has 0 atom stereocenters. The van der Waals surface area contributed by atoms with Crippen LogP contribution in [0.15, 0.2) is 12.3 Å². The number of hydrogen-bond acceptors (Lipinski definition) is 4. The SMILES string of the molecule is CCCOc1ccnc(NCCCl)n1. The van der Waals surface area contributed by atoms with Gasteiger partial charge in [-0.2, -0.15) is 4.98 Å². The molecule has 1 heterocycles. The van der Waals surface area contributed by atoms with Crippen molar-refractivity contribution < 1.29 is 4.74 Å². The van der Waals surface area contributed by atoms with Gasteiger partial charge in [0.15, 0.2) is 0 Å². The van der Waals surface area contributed by atoms with E-state index in [-0.39, 0.29) is 0 Å². The molecule has 0 unspecified atom stereocenters. The average Bonchev–Trinajstić information content (AvgIpc) is 2.24. The molecule has 14 heavy (non-hydrogen) atoms. The fraction of sp³-hybridized carbons (Fsp3) is 0.556. The highest BCUT2D eigenvalue weighted by Crippen LogP contribution is 2.08. The summed E-state index contributed by atoms with van der Waals surface area (Å²) >= 11 is 5.53. The summed E-state index contributed by atoms with van der Waals surface area (Å²) in [6.45, 7) is 3.37. The summed E-state index contributed by atoms with van der Waals surface area (Å²) in [5, 5.41) is 2.98. The van der Waals surface area contributed by atoms with Gasteiger partial charge >= 0.3 is 0 Å². The minimum absolute atomic E-state index is 0.531. The molecule has 0 radical (unpaired) electrons. The first-order valence-corrected chi connectivity index (χ1v) is 5.16. The quantitative estimate of drug-likeness (QED) is 0.737. The predicted molar refractivity (Wildman–Crippen MR) is 57.0 cm³/mol. The van der Waals surface area contributed by atoms with Crippen molar-refractivity contribution in [3.05, 3.63) is 12.3 Å². The second kappa shape index (κ2) is 6.43. The van der Waals surface area contributed by atoms with Crippen LogP contribution in [0.3, 0.4) is 0 Å². The standard InChI is InChI=1S/C9H14ClN3O/c1-2-7-14-8-3-5-11-9(13-8)12-6-4-10/h3,5H,2,4,6-7H2,1H3,(H,11,12,13). The van der Waals surface area contributed by atoms with E-state index in [2.05, 4.69) is 15.3 Å². The van der Waals surface area contributed by atoms with E-state index in [9.17, 15) is 0 Å². The number of anilines is 1. The molecule has 1 aromatic heterocycles. The topological polar surface area (TPSA) is 47.0 Å². The summed E-state index contributed by atoms with van der Waals surface area (Å²) in [5.74, 6) is 1.68. The van der Waals surface area contributed by atoms with Gasteiger partial charge in [-0.1, -0.05) is 6.92 Å². The number of rotatable bonds is 6. The molecule has 0 aliphatic carbocycles. The second-order valence-corrected chi connectivity index (χ2v) is 3.06. The van der Waals surface area contributed by atoms with Crippen molar-refractivity contribution in [1.82, 2.24) is 9.97 Å². The van der Waals surface area contributed by atoms with Crippen molar-refractivity contribution in [3.63, 3.8) is 0 Å². The molecule has 1 rings (SSSR count). The van der Waals surface area contributed by atoms with Crippen molar-refractivity contribution in [2.45, 2.75) is 13.3 Å². The zero-order valence-corrected chi connectivity index (χ0v) is 8.92. The van der Waals surface area contributed by atoms with Gasteiger partial charge in [0.05, 0.1) is 6.61 Å². The molecule has 0 aromatic carbocycles. The van der Waals surface area contributed by atoms with Gasteiger partial charge in [0.25, 0.3) is 0 Å². The van der Waals surface area contributed by atoms with Crippen LogP contribution in [0.25, 0.3) is 0 Å². The molecule has 1 N–H and O–H groups in total. The lowest BCUT2D eigenvalue weighted by Gasteiger charge is -2.05. The van der Waals surface area contributed by atoms with Gasteiger partial charge in [0, 0.05) is 24.7 Å². The molecule has 0 fully saturated rings. The Kier molecular flexibility index (Phi) is 5.07. The third kappa shape index (κ3) is 3.79. The van der Waals surface area contributed by atoms with Crippen molar-refractivity contribution in [3.8, 4) is 5.88 Å². The van der Waals surface area contributed by atoms with Crippen LogP contribution in [0.2, 0.25) is 0 Å². The summed E-state index contributed by atoms with van der Waals surface area (Å²) in [7, 11) is 0. The number of aromatic nitrogens is 2. The molecule has 0 saturated carbocycles. The third-order valence-electron chi connectivity index (χ3n) is 1.46. The lowest BCUT2D eigenvalue weighted by molar-refractivity contribution is 0.305. The van der Waals surface area contributed by atoms with Crippen LogP contribution in [-0.2, 0) is 0 Å². The van der Waals surface area contributed by atoms with Gasteiger partial charge in [-0.3, -0.25) is 0 Å². The van der Waals surface area contributed by atoms with E-state index in [0.717, 1.165) is 6.42 Å². The van der Waals surface area contributed by atoms with E-state index in [4.69, 9.17) is 16.3 Å². The highest BCUT2D eigenvalue weighted by Gasteiger charge is 1.98. The fourth-order valence-electron chi connectivity index (χ4n) is 0.873. The minimum atomic E-state index is 0.531. The smallest absolute Gasteiger partial charge is 0.225 e. The molecule has 1 aromatic rings. The van der Waals surface area contributed by atoms with E-state index in [1.165, 1.54) is 0 Å². The average molecular weight is 216 g/mol. The summed E-state index contributed by atoms with van der Waals surface area (Å²) in [6, 6.07) is 1.74. The highest BCUT2D eigenvalue weighted by atomic mass is 35.5. The lowest BCUT2D eigenvalue weighted by Crippen LogP contribution is -2.07. The van der Waals surface area contributed by atoms with Crippen LogP contribution in [-0.4, -0.2) is 29.0 Å². The minimum Gasteiger partial charge on any atom is -0.478 e. The molecule has 0 saturated heterocycles. The molecular weight excluding hydrogens is 202 g/mol. The number of ether oxygens (including phenoxy) is 1. The van der Waals surface area contributed by atoms with Crippen LogP contribution in [0.4, 0.5) is 5.95 Å². The van der Waals surface area contributed by atoms with Gasteiger partial charge < -0.3 is 10.1 Å². The predicted octanol–water partition coefficient (Wildman–Crippen LogP) is 1.92. The number of halogens is 1. The Hall–Kier alpha value is -1.03. The van der Waals surface area contributed by atoms with Crippen LogP contribution < -0.4 is 10.1 Å². The van der Waals surface area contributed by atoms with Gasteiger partial charge in [0.1, 0.15) is 0 Å². The molecule has 0 aliphatic rings. The Morgan fingerprint density at radius 2 is 2.43 bits per heavy atom. The first-order chi connectivity index (χ1) is 6.86. The largest absolute Gasteiger partial charge is 0.478 e. The Bertz CT molecular complexity index is 247. The van der Waals surface area contributed by atoms with Crippen molar-refractivity contribution in [2.75, 3.05) is 24.3 Å². The zero-order valence-electron chi connectivity index (χ0n) is 8.16. The third-order valence-corrected chi connectivity index (χ3v) is 1.65. The summed E-state index contributed by atoms with van der Waals surface area (Å²) in [5.41, 5.74) is 0. The summed E-state index contributed by atoms with van der Waals surface area (Å²) in [4.78, 5) is 8.17. The molecular formula is C9H14ClN3O. The Balaban J connectivity index is 2.50. The Morgan fingerprint density at radius 3 is 3.14 bits per heavy atom. The van der Waals surface area contributed by atoms with Gasteiger partial charge in [0.2, 0.25) is 11.8 Å². The number of alkyl halides is 1. The van der Waals surface area contributed by atoms with Crippen molar-refractivity contribution in [2.24, 2.45) is 0 Å². The second-order valence-electron chi connectivity index (χ2n) is 2.68. The van der Waals surface area contributed by atoms with E-state index >= 15 is 0 Å². The maximum Gasteiger partial charge on any atom is 0.225 e. The van der Waals surface area contributed by atoms with Crippen LogP contribution >= 0.6 is 11.6 Å². The first-order valence-electron chi connectivity index (χ1n) is 4.62. The summed E-state index contributed by atoms with van der Waals surface area (Å²) < 4.78 is 5.35. The maximum absolute atomic E-state index is 5.53. The molecule has 4 nitrogen and oxygen atoms in total. The van der Waals surface area contributed by atoms with E-state index in [1.807, 2.05) is 6.92 Å². The normalized spacial score (nSPS) is 9.86. The molecule has 5 heteroatoms. The molecule has 0 spiro atoms. The summed E-state index contributed by atoms with van der Waals surface area (Å²) in [6.07, 6.45) is 2.63. The Labute approximate surface area is 88.7 Å². The molecule has 0 aliphatic heterocycles. The zero-order chi connectivity index (χ0) is 10.2. The number of nitrogens with zero attached hydrogens (tertiary/aromatic N) is 2. The van der Waals surface area contributed by atoms with Crippen LogP contribution in [0.1, 0.15) is 13.3 Å². The van der Waals surface area contributed by atoms with E-state index in [1.54, 1.807) is 12.3 Å².